The Bertz CT molecular complexity index is 1100. The van der Waals surface area contributed by atoms with Gasteiger partial charge in [0.15, 0.2) is 0 Å². The predicted octanol–water partition coefficient (Wildman–Crippen LogP) is 4.69. The molecule has 0 N–H and O–H groups in total. The molecule has 1 aromatic heterocycles. The second-order valence-electron chi connectivity index (χ2n) is 6.23. The maximum atomic E-state index is 13.1. The first-order chi connectivity index (χ1) is 12.7. The number of rotatable bonds is 4. The molecule has 0 aliphatic rings. The second kappa shape index (κ2) is 7.14. The van der Waals surface area contributed by atoms with Crippen LogP contribution in [0.25, 0.3) is 11.0 Å². The fraction of sp³-hybridized carbons (Fsp3) is 0.0909. The van der Waals surface area contributed by atoms with Crippen molar-refractivity contribution in [1.29, 1.82) is 0 Å². The maximum Gasteiger partial charge on any atom is 0.273 e. The van der Waals surface area contributed by atoms with E-state index in [1.54, 1.807) is 0 Å². The quantitative estimate of drug-likeness (QED) is 0.529. The van der Waals surface area contributed by atoms with Crippen molar-refractivity contribution in [3.8, 4) is 0 Å². The van der Waals surface area contributed by atoms with E-state index < -0.39 is 0 Å². The molecule has 0 saturated heterocycles. The third-order valence-electron chi connectivity index (χ3n) is 4.39. The molecular formula is C22H17ClN2O. The molecule has 0 aliphatic carbocycles. The summed E-state index contributed by atoms with van der Waals surface area (Å²) in [6.07, 6.45) is 0.482. The first-order valence-corrected chi connectivity index (χ1v) is 8.85. The SMILES string of the molecule is O=c1c(Cc2ccc(Cl)cc2)nc2ccccc2n1Cc1ccccc1. The fourth-order valence-electron chi connectivity index (χ4n) is 3.08. The summed E-state index contributed by atoms with van der Waals surface area (Å²) >= 11 is 5.96. The van der Waals surface area contributed by atoms with Gasteiger partial charge in [-0.15, -0.1) is 0 Å². The highest BCUT2D eigenvalue weighted by Gasteiger charge is 2.12. The molecule has 1 heterocycles. The van der Waals surface area contributed by atoms with Gasteiger partial charge in [0.2, 0.25) is 0 Å². The topological polar surface area (TPSA) is 34.9 Å². The monoisotopic (exact) mass is 360 g/mol. The summed E-state index contributed by atoms with van der Waals surface area (Å²) < 4.78 is 1.81. The molecule has 0 bridgehead atoms. The van der Waals surface area contributed by atoms with Crippen LogP contribution in [0.15, 0.2) is 83.7 Å². The molecule has 4 heteroatoms. The molecule has 4 aromatic rings. The van der Waals surface area contributed by atoms with Crippen molar-refractivity contribution < 1.29 is 0 Å². The van der Waals surface area contributed by atoms with Crippen molar-refractivity contribution in [2.24, 2.45) is 0 Å². The van der Waals surface area contributed by atoms with Crippen LogP contribution in [0.2, 0.25) is 5.02 Å². The van der Waals surface area contributed by atoms with E-state index in [4.69, 9.17) is 11.6 Å². The van der Waals surface area contributed by atoms with Crippen LogP contribution in [-0.2, 0) is 13.0 Å². The number of para-hydroxylation sites is 2. The Balaban J connectivity index is 1.82. The summed E-state index contributed by atoms with van der Waals surface area (Å²) in [6.45, 7) is 0.524. The van der Waals surface area contributed by atoms with E-state index in [0.717, 1.165) is 22.2 Å². The van der Waals surface area contributed by atoms with Gasteiger partial charge in [0.1, 0.15) is 5.69 Å². The second-order valence-corrected chi connectivity index (χ2v) is 6.66. The molecule has 3 aromatic carbocycles. The van der Waals surface area contributed by atoms with Crippen molar-refractivity contribution in [2.45, 2.75) is 13.0 Å². The van der Waals surface area contributed by atoms with E-state index in [9.17, 15) is 4.79 Å². The zero-order valence-electron chi connectivity index (χ0n) is 14.1. The highest BCUT2D eigenvalue weighted by atomic mass is 35.5. The van der Waals surface area contributed by atoms with Crippen LogP contribution < -0.4 is 5.56 Å². The van der Waals surface area contributed by atoms with Crippen molar-refractivity contribution in [1.82, 2.24) is 9.55 Å². The number of benzene rings is 3. The van der Waals surface area contributed by atoms with Crippen LogP contribution in [0, 0.1) is 0 Å². The lowest BCUT2D eigenvalue weighted by Crippen LogP contribution is -2.26. The summed E-state index contributed by atoms with van der Waals surface area (Å²) in [4.78, 5) is 17.8. The Kier molecular flexibility index (Phi) is 4.55. The van der Waals surface area contributed by atoms with E-state index in [2.05, 4.69) is 4.98 Å². The third kappa shape index (κ3) is 3.39. The lowest BCUT2D eigenvalue weighted by atomic mass is 10.1. The molecule has 4 rings (SSSR count). The Hall–Kier alpha value is -2.91. The van der Waals surface area contributed by atoms with Gasteiger partial charge in [0.25, 0.3) is 5.56 Å². The molecule has 0 saturated carbocycles. The number of halogens is 1. The van der Waals surface area contributed by atoms with Crippen molar-refractivity contribution in [3.05, 3.63) is 111 Å². The number of aromatic nitrogens is 2. The average Bonchev–Trinajstić information content (AvgIpc) is 2.67. The molecule has 0 unspecified atom stereocenters. The van der Waals surface area contributed by atoms with E-state index in [1.807, 2.05) is 83.4 Å². The number of nitrogens with zero attached hydrogens (tertiary/aromatic N) is 2. The van der Waals surface area contributed by atoms with Crippen LogP contribution in [0.1, 0.15) is 16.8 Å². The van der Waals surface area contributed by atoms with Gasteiger partial charge < -0.3 is 4.57 Å². The summed E-state index contributed by atoms with van der Waals surface area (Å²) in [7, 11) is 0. The lowest BCUT2D eigenvalue weighted by Gasteiger charge is -2.12. The van der Waals surface area contributed by atoms with Crippen molar-refractivity contribution in [2.75, 3.05) is 0 Å². The van der Waals surface area contributed by atoms with Gasteiger partial charge in [-0.25, -0.2) is 4.98 Å². The van der Waals surface area contributed by atoms with E-state index in [0.29, 0.717) is 23.7 Å². The van der Waals surface area contributed by atoms with E-state index in [-0.39, 0.29) is 5.56 Å². The molecule has 0 aliphatic heterocycles. The molecule has 0 radical (unpaired) electrons. The number of fused-ring (bicyclic) bond motifs is 1. The average molecular weight is 361 g/mol. The minimum Gasteiger partial charge on any atom is -0.301 e. The molecule has 128 valence electrons. The maximum absolute atomic E-state index is 13.1. The molecular weight excluding hydrogens is 344 g/mol. The Morgan fingerprint density at radius 3 is 2.27 bits per heavy atom. The van der Waals surface area contributed by atoms with Crippen LogP contribution in [-0.4, -0.2) is 9.55 Å². The molecule has 26 heavy (non-hydrogen) atoms. The largest absolute Gasteiger partial charge is 0.301 e. The highest BCUT2D eigenvalue weighted by Crippen LogP contribution is 2.15. The van der Waals surface area contributed by atoms with Gasteiger partial charge >= 0.3 is 0 Å². The highest BCUT2D eigenvalue weighted by molar-refractivity contribution is 6.30. The third-order valence-corrected chi connectivity index (χ3v) is 4.64. The van der Waals surface area contributed by atoms with Crippen LogP contribution in [0.3, 0.4) is 0 Å². The molecule has 0 fully saturated rings. The van der Waals surface area contributed by atoms with Gasteiger partial charge in [-0.05, 0) is 35.4 Å². The lowest BCUT2D eigenvalue weighted by molar-refractivity contribution is 0.769. The zero-order chi connectivity index (χ0) is 17.9. The Morgan fingerprint density at radius 1 is 0.808 bits per heavy atom. The van der Waals surface area contributed by atoms with Crippen LogP contribution in [0.5, 0.6) is 0 Å². The van der Waals surface area contributed by atoms with Crippen LogP contribution >= 0.6 is 11.6 Å². The molecule has 0 atom stereocenters. The first-order valence-electron chi connectivity index (χ1n) is 8.47. The minimum atomic E-state index is -0.0532. The van der Waals surface area contributed by atoms with Gasteiger partial charge in [0, 0.05) is 11.4 Å². The van der Waals surface area contributed by atoms with Crippen LogP contribution in [0.4, 0.5) is 0 Å². The van der Waals surface area contributed by atoms with Crippen molar-refractivity contribution >= 4 is 22.6 Å². The fourth-order valence-corrected chi connectivity index (χ4v) is 3.21. The smallest absolute Gasteiger partial charge is 0.273 e. The van der Waals surface area contributed by atoms with Gasteiger partial charge in [-0.3, -0.25) is 4.79 Å². The van der Waals surface area contributed by atoms with E-state index in [1.165, 1.54) is 0 Å². The normalized spacial score (nSPS) is 11.0. The molecule has 0 spiro atoms. The van der Waals surface area contributed by atoms with Gasteiger partial charge in [-0.1, -0.05) is 66.2 Å². The summed E-state index contributed by atoms with van der Waals surface area (Å²) in [5, 5.41) is 0.682. The summed E-state index contributed by atoms with van der Waals surface area (Å²) in [6, 6.07) is 25.3. The minimum absolute atomic E-state index is 0.0532. The van der Waals surface area contributed by atoms with E-state index >= 15 is 0 Å². The van der Waals surface area contributed by atoms with Gasteiger partial charge in [0.05, 0.1) is 17.6 Å². The van der Waals surface area contributed by atoms with Gasteiger partial charge in [-0.2, -0.15) is 0 Å². The predicted molar refractivity (Wildman–Crippen MR) is 106 cm³/mol. The van der Waals surface area contributed by atoms with Crippen molar-refractivity contribution in [3.63, 3.8) is 0 Å². The Labute approximate surface area is 156 Å². The summed E-state index contributed by atoms with van der Waals surface area (Å²) in [5.41, 5.74) is 4.27. The zero-order valence-corrected chi connectivity index (χ0v) is 14.9. The Morgan fingerprint density at radius 2 is 1.50 bits per heavy atom. The first kappa shape index (κ1) is 16.6. The summed E-state index contributed by atoms with van der Waals surface area (Å²) in [5.74, 6) is 0. The molecule has 0 amide bonds. The number of hydrogen-bond donors (Lipinski definition) is 0. The standard InChI is InChI=1S/C22H17ClN2O/c23-18-12-10-16(11-13-18)14-20-22(26)25(15-17-6-2-1-3-7-17)21-9-5-4-8-19(21)24-20/h1-13H,14-15H2. The molecule has 3 nitrogen and oxygen atoms in total. The number of hydrogen-bond acceptors (Lipinski definition) is 2.